The molecule has 2 unspecified atom stereocenters. The van der Waals surface area contributed by atoms with E-state index < -0.39 is 23.3 Å². The number of carbonyl (C=O) groups is 1. The highest BCUT2D eigenvalue weighted by Gasteiger charge is 2.20. The van der Waals surface area contributed by atoms with Gasteiger partial charge in [-0.2, -0.15) is 10.2 Å². The van der Waals surface area contributed by atoms with Gasteiger partial charge in [0, 0.05) is 48.2 Å². The number of nitrogens with one attached hydrogen (secondary N) is 2. The van der Waals surface area contributed by atoms with Crippen molar-refractivity contribution in [3.63, 3.8) is 0 Å². The Labute approximate surface area is 283 Å². The van der Waals surface area contributed by atoms with Crippen LogP contribution in [0.25, 0.3) is 22.3 Å². The molecule has 2 aromatic heterocycles. The molecule has 6 rings (SSSR count). The number of benzene rings is 4. The summed E-state index contributed by atoms with van der Waals surface area (Å²) >= 11 is 0. The number of rotatable bonds is 12. The second-order valence-electron chi connectivity index (χ2n) is 11.9. The van der Waals surface area contributed by atoms with Crippen molar-refractivity contribution >= 4 is 5.78 Å². The molecule has 0 fully saturated rings. The van der Waals surface area contributed by atoms with Crippen molar-refractivity contribution < 1.29 is 22.4 Å². The lowest BCUT2D eigenvalue weighted by Crippen LogP contribution is -2.08. The fourth-order valence-electron chi connectivity index (χ4n) is 5.83. The van der Waals surface area contributed by atoms with E-state index in [2.05, 4.69) is 39.5 Å². The average molecular weight is 667 g/mol. The first-order valence-corrected chi connectivity index (χ1v) is 16.4. The molecule has 49 heavy (non-hydrogen) atoms. The Morgan fingerprint density at radius 3 is 1.45 bits per heavy atom. The van der Waals surface area contributed by atoms with Gasteiger partial charge in [-0.15, -0.1) is 0 Å². The highest BCUT2D eigenvalue weighted by atomic mass is 19.2. The lowest BCUT2D eigenvalue weighted by Gasteiger charge is -2.18. The minimum absolute atomic E-state index is 0.0680. The molecular formula is C40H38F4N4O. The molecule has 6 aromatic rings. The van der Waals surface area contributed by atoms with E-state index in [0.29, 0.717) is 12.0 Å². The minimum atomic E-state index is -0.901. The second-order valence-corrected chi connectivity index (χ2v) is 11.9. The molecule has 2 atom stereocenters. The molecule has 0 saturated heterocycles. The van der Waals surface area contributed by atoms with Crippen molar-refractivity contribution in [3.05, 3.63) is 155 Å². The molecule has 2 heterocycles. The first-order valence-electron chi connectivity index (χ1n) is 16.4. The van der Waals surface area contributed by atoms with E-state index in [0.717, 1.165) is 64.3 Å². The SMILES string of the molecule is CCC(=O)CC(c1ccc(-c2cn[nH]c2)cc1)c1ccc(F)c(F)c1.CCCCC(c1ccc(-c2cn[nH]c2)cc1)c1ccc(F)c(F)c1. The van der Waals surface area contributed by atoms with E-state index in [9.17, 15) is 22.4 Å². The van der Waals surface area contributed by atoms with E-state index in [-0.39, 0.29) is 24.0 Å². The Bertz CT molecular complexity index is 1920. The summed E-state index contributed by atoms with van der Waals surface area (Å²) in [7, 11) is 0. The van der Waals surface area contributed by atoms with E-state index >= 15 is 0 Å². The first-order chi connectivity index (χ1) is 23.8. The Hall–Kier alpha value is -5.31. The van der Waals surface area contributed by atoms with Gasteiger partial charge >= 0.3 is 0 Å². The van der Waals surface area contributed by atoms with Crippen LogP contribution >= 0.6 is 0 Å². The molecule has 0 spiro atoms. The number of H-pyrrole nitrogens is 2. The largest absolute Gasteiger partial charge is 0.300 e. The molecule has 0 aliphatic carbocycles. The maximum atomic E-state index is 13.7. The fourth-order valence-corrected chi connectivity index (χ4v) is 5.83. The lowest BCUT2D eigenvalue weighted by molar-refractivity contribution is -0.118. The predicted molar refractivity (Wildman–Crippen MR) is 184 cm³/mol. The smallest absolute Gasteiger partial charge is 0.159 e. The van der Waals surface area contributed by atoms with Crippen LogP contribution in [-0.2, 0) is 4.79 Å². The monoisotopic (exact) mass is 666 g/mol. The minimum Gasteiger partial charge on any atom is -0.300 e. The molecule has 252 valence electrons. The molecular weight excluding hydrogens is 628 g/mol. The number of ketones is 1. The zero-order valence-electron chi connectivity index (χ0n) is 27.4. The zero-order chi connectivity index (χ0) is 34.8. The number of unbranched alkanes of at least 4 members (excludes halogenated alkanes) is 1. The van der Waals surface area contributed by atoms with E-state index in [1.165, 1.54) is 24.3 Å². The Balaban J connectivity index is 0.000000191. The standard InChI is InChI=1S/C20H18F2N2O.C20H20F2N2/c1-2-17(25)10-18(15-7-8-19(21)20(22)9-15)14-5-3-13(4-6-14)16-11-23-24-12-16;1-2-3-4-18(16-9-10-19(21)20(22)11-16)15-7-5-14(6-8-15)17-12-23-24-13-17/h3-9,11-12,18H,2,10H2,1H3,(H,23,24);5-13,18H,2-4H2,1H3,(H,23,24). The Morgan fingerprint density at radius 1 is 0.592 bits per heavy atom. The number of aromatic nitrogens is 4. The number of carbonyl (C=O) groups excluding carboxylic acids is 1. The summed E-state index contributed by atoms with van der Waals surface area (Å²) < 4.78 is 53.8. The van der Waals surface area contributed by atoms with Crippen LogP contribution in [0.1, 0.15) is 80.0 Å². The summed E-state index contributed by atoms with van der Waals surface area (Å²) in [5.41, 5.74) is 7.47. The third kappa shape index (κ3) is 8.99. The van der Waals surface area contributed by atoms with Gasteiger partial charge in [0.25, 0.3) is 0 Å². The summed E-state index contributed by atoms with van der Waals surface area (Å²) in [6, 6.07) is 23.9. The molecule has 0 aliphatic rings. The van der Waals surface area contributed by atoms with Gasteiger partial charge in [0.1, 0.15) is 5.78 Å². The van der Waals surface area contributed by atoms with E-state index in [1.54, 1.807) is 31.6 Å². The molecule has 5 nitrogen and oxygen atoms in total. The Kier molecular flexibility index (Phi) is 11.9. The van der Waals surface area contributed by atoms with Gasteiger partial charge in [-0.1, -0.05) is 87.4 Å². The number of hydrogen-bond donors (Lipinski definition) is 2. The van der Waals surface area contributed by atoms with Crippen LogP contribution in [0, 0.1) is 23.3 Å². The topological polar surface area (TPSA) is 74.4 Å². The molecule has 0 saturated carbocycles. The van der Waals surface area contributed by atoms with Crippen LogP contribution in [0.2, 0.25) is 0 Å². The van der Waals surface area contributed by atoms with Crippen molar-refractivity contribution in [2.24, 2.45) is 0 Å². The quantitative estimate of drug-likeness (QED) is 0.128. The van der Waals surface area contributed by atoms with Gasteiger partial charge in [0.15, 0.2) is 23.3 Å². The van der Waals surface area contributed by atoms with Crippen LogP contribution in [-0.4, -0.2) is 26.2 Å². The lowest BCUT2D eigenvalue weighted by atomic mass is 9.86. The van der Waals surface area contributed by atoms with Gasteiger partial charge in [0.2, 0.25) is 0 Å². The van der Waals surface area contributed by atoms with E-state index in [4.69, 9.17) is 0 Å². The van der Waals surface area contributed by atoms with Crippen LogP contribution in [0.15, 0.2) is 110 Å². The third-order valence-electron chi connectivity index (χ3n) is 8.65. The van der Waals surface area contributed by atoms with Crippen LogP contribution < -0.4 is 0 Å². The fraction of sp³-hybridized carbons (Fsp3) is 0.225. The molecule has 4 aromatic carbocycles. The molecule has 0 radical (unpaired) electrons. The highest BCUT2D eigenvalue weighted by Crippen LogP contribution is 2.33. The number of nitrogens with zero attached hydrogens (tertiary/aromatic N) is 2. The summed E-state index contributed by atoms with van der Waals surface area (Å²) in [5, 5.41) is 13.5. The van der Waals surface area contributed by atoms with Crippen molar-refractivity contribution in [1.29, 1.82) is 0 Å². The molecule has 0 amide bonds. The van der Waals surface area contributed by atoms with E-state index in [1.807, 2.05) is 42.6 Å². The van der Waals surface area contributed by atoms with Gasteiger partial charge in [-0.25, -0.2) is 17.6 Å². The van der Waals surface area contributed by atoms with Gasteiger partial charge in [-0.3, -0.25) is 15.0 Å². The number of hydrogen-bond acceptors (Lipinski definition) is 3. The van der Waals surface area contributed by atoms with Crippen molar-refractivity contribution in [2.75, 3.05) is 0 Å². The summed E-state index contributed by atoms with van der Waals surface area (Å²) in [4.78, 5) is 12.0. The molecule has 2 N–H and O–H groups in total. The summed E-state index contributed by atoms with van der Waals surface area (Å²) in [6.45, 7) is 3.93. The molecule has 0 aliphatic heterocycles. The van der Waals surface area contributed by atoms with Crippen LogP contribution in [0.4, 0.5) is 17.6 Å². The highest BCUT2D eigenvalue weighted by molar-refractivity contribution is 5.79. The maximum Gasteiger partial charge on any atom is 0.159 e. The molecule has 0 bridgehead atoms. The van der Waals surface area contributed by atoms with Gasteiger partial charge in [-0.05, 0) is 64.1 Å². The van der Waals surface area contributed by atoms with Crippen molar-refractivity contribution in [3.8, 4) is 22.3 Å². The zero-order valence-corrected chi connectivity index (χ0v) is 27.4. The molecule has 9 heteroatoms. The van der Waals surface area contributed by atoms with Gasteiger partial charge in [0.05, 0.1) is 12.4 Å². The Morgan fingerprint density at radius 2 is 1.04 bits per heavy atom. The second kappa shape index (κ2) is 16.7. The van der Waals surface area contributed by atoms with Crippen LogP contribution in [0.3, 0.4) is 0 Å². The summed E-state index contributed by atoms with van der Waals surface area (Å²) in [5.74, 6) is -3.54. The first kappa shape index (κ1) is 35.0. The number of halogens is 4. The van der Waals surface area contributed by atoms with Crippen LogP contribution in [0.5, 0.6) is 0 Å². The normalized spacial score (nSPS) is 12.2. The van der Waals surface area contributed by atoms with Gasteiger partial charge < -0.3 is 0 Å². The summed E-state index contributed by atoms with van der Waals surface area (Å²) in [6.07, 6.45) is 10.8. The van der Waals surface area contributed by atoms with Crippen molar-refractivity contribution in [1.82, 2.24) is 20.4 Å². The van der Waals surface area contributed by atoms with Crippen molar-refractivity contribution in [2.45, 2.75) is 57.8 Å². The number of aromatic amines is 2. The number of Topliss-reactive ketones (excluding diaryl/α,β-unsaturated/α-hetero) is 1. The third-order valence-corrected chi connectivity index (χ3v) is 8.65. The maximum absolute atomic E-state index is 13.7. The predicted octanol–water partition coefficient (Wildman–Crippen LogP) is 10.5. The average Bonchev–Trinajstić information content (AvgIpc) is 3.87.